The molecule has 0 aliphatic carbocycles. The molecule has 1 heterocycles. The summed E-state index contributed by atoms with van der Waals surface area (Å²) < 4.78 is 19.0. The van der Waals surface area contributed by atoms with Crippen molar-refractivity contribution in [1.82, 2.24) is 5.32 Å². The summed E-state index contributed by atoms with van der Waals surface area (Å²) in [6, 6.07) is 4.76. The number of aliphatic hydroxyl groups is 1. The first-order valence-corrected chi connectivity index (χ1v) is 7.39. The highest BCUT2D eigenvalue weighted by Crippen LogP contribution is 2.26. The molecule has 21 heavy (non-hydrogen) atoms. The van der Waals surface area contributed by atoms with E-state index in [-0.39, 0.29) is 24.0 Å². The molecule has 1 unspecified atom stereocenters. The van der Waals surface area contributed by atoms with Crippen molar-refractivity contribution in [3.63, 3.8) is 0 Å². The van der Waals surface area contributed by atoms with Gasteiger partial charge in [0.15, 0.2) is 0 Å². The lowest BCUT2D eigenvalue weighted by Crippen LogP contribution is -2.48. The first-order chi connectivity index (χ1) is 9.90. The minimum Gasteiger partial charge on any atom is -0.394 e. The molecule has 1 aliphatic rings. The van der Waals surface area contributed by atoms with Crippen LogP contribution < -0.4 is 10.2 Å². The van der Waals surface area contributed by atoms with Gasteiger partial charge in [0.1, 0.15) is 5.82 Å². The standard InChI is InChI=1S/C16H25FN2O2/c1-16(2,3)18-9-12-8-13(17)4-5-15(12)19-6-7-21-11-14(19)10-20/h4-5,8,14,18,20H,6-7,9-11H2,1-3H3. The van der Waals surface area contributed by atoms with E-state index in [0.29, 0.717) is 26.3 Å². The number of nitrogens with zero attached hydrogens (tertiary/aromatic N) is 1. The van der Waals surface area contributed by atoms with Crippen LogP contribution in [0, 0.1) is 5.82 Å². The second kappa shape index (κ2) is 6.73. The van der Waals surface area contributed by atoms with Gasteiger partial charge < -0.3 is 20.1 Å². The fourth-order valence-electron chi connectivity index (χ4n) is 2.46. The Morgan fingerprint density at radius 3 is 2.86 bits per heavy atom. The zero-order chi connectivity index (χ0) is 15.5. The van der Waals surface area contributed by atoms with Crippen LogP contribution in [-0.4, -0.2) is 43.1 Å². The number of nitrogens with one attached hydrogen (secondary N) is 1. The summed E-state index contributed by atoms with van der Waals surface area (Å²) in [6.45, 7) is 8.70. The van der Waals surface area contributed by atoms with Crippen LogP contribution in [0.4, 0.5) is 10.1 Å². The van der Waals surface area contributed by atoms with E-state index in [9.17, 15) is 9.50 Å². The van der Waals surface area contributed by atoms with E-state index in [2.05, 4.69) is 31.0 Å². The van der Waals surface area contributed by atoms with Gasteiger partial charge in [-0.1, -0.05) is 0 Å². The molecule has 1 saturated heterocycles. The molecule has 1 aromatic rings. The first-order valence-electron chi connectivity index (χ1n) is 7.39. The third-order valence-corrected chi connectivity index (χ3v) is 3.60. The molecule has 1 atom stereocenters. The Kier molecular flexibility index (Phi) is 5.19. The van der Waals surface area contributed by atoms with Gasteiger partial charge in [-0.15, -0.1) is 0 Å². The van der Waals surface area contributed by atoms with Crippen molar-refractivity contribution in [2.45, 2.75) is 38.9 Å². The van der Waals surface area contributed by atoms with Gasteiger partial charge in [0.25, 0.3) is 0 Å². The third-order valence-electron chi connectivity index (χ3n) is 3.60. The summed E-state index contributed by atoms with van der Waals surface area (Å²) in [4.78, 5) is 2.11. The molecular formula is C16H25FN2O2. The largest absolute Gasteiger partial charge is 0.394 e. The van der Waals surface area contributed by atoms with Crippen LogP contribution in [0.25, 0.3) is 0 Å². The third kappa shape index (κ3) is 4.40. The van der Waals surface area contributed by atoms with Crippen LogP contribution in [0.2, 0.25) is 0 Å². The number of morpholine rings is 1. The molecule has 0 radical (unpaired) electrons. The Hall–Kier alpha value is -1.17. The number of benzene rings is 1. The number of rotatable bonds is 4. The molecule has 0 saturated carbocycles. The van der Waals surface area contributed by atoms with E-state index in [1.807, 2.05) is 0 Å². The van der Waals surface area contributed by atoms with E-state index in [1.165, 1.54) is 6.07 Å². The number of hydrogen-bond donors (Lipinski definition) is 2. The van der Waals surface area contributed by atoms with Crippen LogP contribution in [0.1, 0.15) is 26.3 Å². The smallest absolute Gasteiger partial charge is 0.123 e. The van der Waals surface area contributed by atoms with Gasteiger partial charge in [-0.05, 0) is 44.5 Å². The Labute approximate surface area is 125 Å². The van der Waals surface area contributed by atoms with Crippen LogP contribution in [0.5, 0.6) is 0 Å². The molecule has 1 aromatic carbocycles. The van der Waals surface area contributed by atoms with E-state index in [0.717, 1.165) is 11.3 Å². The van der Waals surface area contributed by atoms with Gasteiger partial charge in [-0.25, -0.2) is 4.39 Å². The second-order valence-electron chi connectivity index (χ2n) is 6.48. The minimum atomic E-state index is -0.238. The molecule has 0 spiro atoms. The molecule has 5 heteroatoms. The average molecular weight is 296 g/mol. The highest BCUT2D eigenvalue weighted by atomic mass is 19.1. The summed E-state index contributed by atoms with van der Waals surface area (Å²) in [5.74, 6) is -0.238. The minimum absolute atomic E-state index is 0.0313. The van der Waals surface area contributed by atoms with Gasteiger partial charge in [0.05, 0.1) is 25.9 Å². The van der Waals surface area contributed by atoms with Crippen molar-refractivity contribution in [2.75, 3.05) is 31.3 Å². The summed E-state index contributed by atoms with van der Waals surface area (Å²) in [5.41, 5.74) is 1.84. The van der Waals surface area contributed by atoms with Crippen molar-refractivity contribution < 1.29 is 14.2 Å². The summed E-state index contributed by atoms with van der Waals surface area (Å²) in [5, 5.41) is 12.9. The molecule has 1 fully saturated rings. The maximum absolute atomic E-state index is 13.6. The van der Waals surface area contributed by atoms with E-state index < -0.39 is 0 Å². The predicted octanol–water partition coefficient (Wildman–Crippen LogP) is 1.91. The summed E-state index contributed by atoms with van der Waals surface area (Å²) >= 11 is 0. The Morgan fingerprint density at radius 1 is 1.43 bits per heavy atom. The molecule has 2 rings (SSSR count). The number of hydrogen-bond acceptors (Lipinski definition) is 4. The molecule has 4 nitrogen and oxygen atoms in total. The van der Waals surface area contributed by atoms with Gasteiger partial charge in [0, 0.05) is 24.3 Å². The fraction of sp³-hybridized carbons (Fsp3) is 0.625. The lowest BCUT2D eigenvalue weighted by atomic mass is 10.1. The van der Waals surface area contributed by atoms with E-state index in [4.69, 9.17) is 4.74 Å². The molecule has 1 aliphatic heterocycles. The molecular weight excluding hydrogens is 271 g/mol. The molecule has 0 aromatic heterocycles. The van der Waals surface area contributed by atoms with Crippen molar-refractivity contribution in [1.29, 1.82) is 0 Å². The van der Waals surface area contributed by atoms with Crippen molar-refractivity contribution in [3.05, 3.63) is 29.6 Å². The summed E-state index contributed by atoms with van der Waals surface area (Å²) in [6.07, 6.45) is 0. The summed E-state index contributed by atoms with van der Waals surface area (Å²) in [7, 11) is 0. The molecule has 0 amide bonds. The van der Waals surface area contributed by atoms with E-state index in [1.54, 1.807) is 12.1 Å². The maximum Gasteiger partial charge on any atom is 0.123 e. The fourth-order valence-corrected chi connectivity index (χ4v) is 2.46. The lowest BCUT2D eigenvalue weighted by molar-refractivity contribution is 0.0726. The van der Waals surface area contributed by atoms with Crippen LogP contribution >= 0.6 is 0 Å². The van der Waals surface area contributed by atoms with Crippen molar-refractivity contribution in [2.24, 2.45) is 0 Å². The van der Waals surface area contributed by atoms with E-state index >= 15 is 0 Å². The normalized spacial score (nSPS) is 19.9. The zero-order valence-electron chi connectivity index (χ0n) is 13.0. The zero-order valence-corrected chi connectivity index (χ0v) is 13.0. The van der Waals surface area contributed by atoms with Crippen LogP contribution in [0.15, 0.2) is 18.2 Å². The monoisotopic (exact) mass is 296 g/mol. The van der Waals surface area contributed by atoms with Crippen molar-refractivity contribution >= 4 is 5.69 Å². The Morgan fingerprint density at radius 2 is 2.19 bits per heavy atom. The Balaban J connectivity index is 2.25. The number of halogens is 1. The number of anilines is 1. The number of aliphatic hydroxyl groups excluding tert-OH is 1. The molecule has 0 bridgehead atoms. The topological polar surface area (TPSA) is 44.7 Å². The number of ether oxygens (including phenoxy) is 1. The average Bonchev–Trinajstić information content (AvgIpc) is 2.44. The van der Waals surface area contributed by atoms with Gasteiger partial charge in [0.2, 0.25) is 0 Å². The van der Waals surface area contributed by atoms with Gasteiger partial charge in [-0.3, -0.25) is 0 Å². The SMILES string of the molecule is CC(C)(C)NCc1cc(F)ccc1N1CCOCC1CO. The molecule has 2 N–H and O–H groups in total. The van der Waals surface area contributed by atoms with Gasteiger partial charge in [-0.2, -0.15) is 0 Å². The first kappa shape index (κ1) is 16.2. The highest BCUT2D eigenvalue weighted by molar-refractivity contribution is 5.55. The van der Waals surface area contributed by atoms with Crippen LogP contribution in [-0.2, 0) is 11.3 Å². The predicted molar refractivity (Wildman–Crippen MR) is 82.0 cm³/mol. The van der Waals surface area contributed by atoms with Gasteiger partial charge >= 0.3 is 0 Å². The lowest BCUT2D eigenvalue weighted by Gasteiger charge is -2.37. The quantitative estimate of drug-likeness (QED) is 0.891. The Bertz CT molecular complexity index is 474. The maximum atomic E-state index is 13.6. The highest BCUT2D eigenvalue weighted by Gasteiger charge is 2.25. The molecule has 118 valence electrons. The second-order valence-corrected chi connectivity index (χ2v) is 6.48. The van der Waals surface area contributed by atoms with Crippen LogP contribution in [0.3, 0.4) is 0 Å². The van der Waals surface area contributed by atoms with Crippen molar-refractivity contribution in [3.8, 4) is 0 Å².